The van der Waals surface area contributed by atoms with Crippen LogP contribution in [0.2, 0.25) is 0 Å². The molecular formula is C62H44N2. The molecule has 0 aromatic heterocycles. The maximum Gasteiger partial charge on any atom is 0.0468 e. The third-order valence-corrected chi connectivity index (χ3v) is 13.1. The van der Waals surface area contributed by atoms with Crippen molar-refractivity contribution in [2.45, 2.75) is 13.8 Å². The SMILES string of the molecule is Cc1ccc(N(c2ccc(-c3ccc(N(c4ccc(C)cc4)c4ccc5c6ccccc6c6ccccc6c5c4)cc3)cc2)c2ccc3c4ccccc4c4ccccc4c3c2)cc1. The van der Waals surface area contributed by atoms with Gasteiger partial charge in [-0.3, -0.25) is 0 Å². The van der Waals surface area contributed by atoms with Gasteiger partial charge in [0.25, 0.3) is 0 Å². The first-order valence-corrected chi connectivity index (χ1v) is 22.2. The molecule has 12 aromatic rings. The quantitative estimate of drug-likeness (QED) is 0.148. The fraction of sp³-hybridized carbons (Fsp3) is 0.0323. The molecule has 0 amide bonds. The molecule has 0 aliphatic rings. The smallest absolute Gasteiger partial charge is 0.0468 e. The molecule has 2 nitrogen and oxygen atoms in total. The largest absolute Gasteiger partial charge is 0.310 e. The fourth-order valence-electron chi connectivity index (χ4n) is 9.96. The lowest BCUT2D eigenvalue weighted by Crippen LogP contribution is -2.10. The second kappa shape index (κ2) is 15.3. The molecule has 12 aromatic carbocycles. The van der Waals surface area contributed by atoms with Crippen LogP contribution in [-0.2, 0) is 0 Å². The van der Waals surface area contributed by atoms with Gasteiger partial charge in [0.05, 0.1) is 0 Å². The monoisotopic (exact) mass is 816 g/mol. The average molecular weight is 817 g/mol. The average Bonchev–Trinajstić information content (AvgIpc) is 3.36. The molecule has 0 heterocycles. The summed E-state index contributed by atoms with van der Waals surface area (Å²) in [5.74, 6) is 0. The van der Waals surface area contributed by atoms with E-state index in [9.17, 15) is 0 Å². The Labute approximate surface area is 373 Å². The van der Waals surface area contributed by atoms with Gasteiger partial charge >= 0.3 is 0 Å². The Morgan fingerprint density at radius 3 is 0.703 bits per heavy atom. The number of hydrogen-bond acceptors (Lipinski definition) is 2. The Balaban J connectivity index is 0.928. The first-order valence-electron chi connectivity index (χ1n) is 22.2. The summed E-state index contributed by atoms with van der Waals surface area (Å²) in [7, 11) is 0. The maximum atomic E-state index is 2.38. The van der Waals surface area contributed by atoms with E-state index in [2.05, 4.69) is 254 Å². The van der Waals surface area contributed by atoms with Crippen LogP contribution in [0.15, 0.2) is 231 Å². The highest BCUT2D eigenvalue weighted by Crippen LogP contribution is 2.43. The Morgan fingerprint density at radius 2 is 0.422 bits per heavy atom. The lowest BCUT2D eigenvalue weighted by atomic mass is 9.94. The molecule has 0 aliphatic carbocycles. The van der Waals surface area contributed by atoms with Gasteiger partial charge in [0.1, 0.15) is 0 Å². The number of rotatable bonds is 7. The number of nitrogens with zero attached hydrogens (tertiary/aromatic N) is 2. The predicted octanol–water partition coefficient (Wildman–Crippen LogP) is 17.8. The molecule has 64 heavy (non-hydrogen) atoms. The second-order valence-corrected chi connectivity index (χ2v) is 17.1. The van der Waals surface area contributed by atoms with Crippen molar-refractivity contribution in [1.29, 1.82) is 0 Å². The van der Waals surface area contributed by atoms with E-state index >= 15 is 0 Å². The Morgan fingerprint density at radius 1 is 0.203 bits per heavy atom. The third-order valence-electron chi connectivity index (χ3n) is 13.1. The number of hydrogen-bond donors (Lipinski definition) is 0. The summed E-state index contributed by atoms with van der Waals surface area (Å²) in [6.07, 6.45) is 0. The van der Waals surface area contributed by atoms with Crippen molar-refractivity contribution in [3.8, 4) is 11.1 Å². The van der Waals surface area contributed by atoms with Crippen molar-refractivity contribution in [1.82, 2.24) is 0 Å². The van der Waals surface area contributed by atoms with Crippen molar-refractivity contribution in [2.24, 2.45) is 0 Å². The highest BCUT2D eigenvalue weighted by atomic mass is 15.1. The van der Waals surface area contributed by atoms with Crippen molar-refractivity contribution >= 4 is 98.8 Å². The molecular weight excluding hydrogens is 773 g/mol. The van der Waals surface area contributed by atoms with Crippen LogP contribution < -0.4 is 9.80 Å². The van der Waals surface area contributed by atoms with E-state index in [-0.39, 0.29) is 0 Å². The Bertz CT molecular complexity index is 3400. The first kappa shape index (κ1) is 37.6. The van der Waals surface area contributed by atoms with Gasteiger partial charge in [-0.2, -0.15) is 0 Å². The minimum atomic E-state index is 1.11. The molecule has 0 saturated heterocycles. The van der Waals surface area contributed by atoms with Crippen molar-refractivity contribution in [3.05, 3.63) is 242 Å². The van der Waals surface area contributed by atoms with Gasteiger partial charge in [0.2, 0.25) is 0 Å². The summed E-state index contributed by atoms with van der Waals surface area (Å²) in [5.41, 5.74) is 11.5. The molecule has 302 valence electrons. The summed E-state index contributed by atoms with van der Waals surface area (Å²) < 4.78 is 0. The van der Waals surface area contributed by atoms with Crippen LogP contribution in [0.5, 0.6) is 0 Å². The van der Waals surface area contributed by atoms with Crippen molar-refractivity contribution in [2.75, 3.05) is 9.80 Å². The summed E-state index contributed by atoms with van der Waals surface area (Å²) in [6, 6.07) is 84.8. The van der Waals surface area contributed by atoms with E-state index in [1.807, 2.05) is 0 Å². The van der Waals surface area contributed by atoms with Gasteiger partial charge < -0.3 is 9.80 Å². The topological polar surface area (TPSA) is 6.48 Å². The minimum absolute atomic E-state index is 1.11. The number of anilines is 6. The summed E-state index contributed by atoms with van der Waals surface area (Å²) in [6.45, 7) is 4.29. The molecule has 0 aliphatic heterocycles. The van der Waals surface area contributed by atoms with Crippen LogP contribution in [0.1, 0.15) is 11.1 Å². The fourth-order valence-corrected chi connectivity index (χ4v) is 9.96. The molecule has 0 spiro atoms. The van der Waals surface area contributed by atoms with E-state index in [1.165, 1.54) is 86.9 Å². The standard InChI is InChI=1S/C62H44N2/c1-41-19-27-45(28-20-41)63(49-35-37-59-55-15-5-3-11-51(55)53-13-7-9-17-57(53)61(59)39-49)47-31-23-43(24-32-47)44-25-33-48(34-26-44)64(46-29-21-42(2)22-30-46)50-36-38-60-56-16-6-4-12-52(56)54-14-8-10-18-58(54)62(60)40-50/h3-40H,1-2H3. The normalized spacial score (nSPS) is 11.6. The molecule has 0 N–H and O–H groups in total. The van der Waals surface area contributed by atoms with Crippen LogP contribution >= 0.6 is 0 Å². The molecule has 0 unspecified atom stereocenters. The van der Waals surface area contributed by atoms with E-state index in [1.54, 1.807) is 0 Å². The molecule has 0 fully saturated rings. The van der Waals surface area contributed by atoms with Crippen LogP contribution in [0.3, 0.4) is 0 Å². The van der Waals surface area contributed by atoms with E-state index in [0.29, 0.717) is 0 Å². The van der Waals surface area contributed by atoms with Crippen molar-refractivity contribution in [3.63, 3.8) is 0 Å². The zero-order chi connectivity index (χ0) is 42.7. The zero-order valence-electron chi connectivity index (χ0n) is 35.8. The lowest BCUT2D eigenvalue weighted by Gasteiger charge is -2.27. The number of benzene rings is 12. The minimum Gasteiger partial charge on any atom is -0.310 e. The van der Waals surface area contributed by atoms with Gasteiger partial charge in [-0.05, 0) is 162 Å². The molecule has 2 heteroatoms. The first-order chi connectivity index (χ1) is 31.6. The predicted molar refractivity (Wildman–Crippen MR) is 276 cm³/mol. The van der Waals surface area contributed by atoms with Gasteiger partial charge in [0, 0.05) is 34.1 Å². The summed E-state index contributed by atoms with van der Waals surface area (Å²) >= 11 is 0. The van der Waals surface area contributed by atoms with Gasteiger partial charge in [-0.25, -0.2) is 0 Å². The molecule has 0 atom stereocenters. The summed E-state index contributed by atoms with van der Waals surface area (Å²) in [4.78, 5) is 4.76. The number of fused-ring (bicyclic) bond motifs is 12. The van der Waals surface area contributed by atoms with E-state index < -0.39 is 0 Å². The van der Waals surface area contributed by atoms with E-state index in [4.69, 9.17) is 0 Å². The van der Waals surface area contributed by atoms with Gasteiger partial charge in [-0.15, -0.1) is 0 Å². The maximum absolute atomic E-state index is 2.38. The summed E-state index contributed by atoms with van der Waals surface area (Å²) in [5, 5.41) is 15.3. The highest BCUT2D eigenvalue weighted by molar-refractivity contribution is 6.27. The molecule has 0 bridgehead atoms. The zero-order valence-corrected chi connectivity index (χ0v) is 35.8. The molecule has 0 radical (unpaired) electrons. The molecule has 0 saturated carbocycles. The van der Waals surface area contributed by atoms with Crippen molar-refractivity contribution < 1.29 is 0 Å². The Kier molecular flexibility index (Phi) is 8.98. The highest BCUT2D eigenvalue weighted by Gasteiger charge is 2.18. The second-order valence-electron chi connectivity index (χ2n) is 17.1. The van der Waals surface area contributed by atoms with Crippen LogP contribution in [0, 0.1) is 13.8 Å². The lowest BCUT2D eigenvalue weighted by molar-refractivity contribution is 1.28. The van der Waals surface area contributed by atoms with Crippen LogP contribution in [0.25, 0.3) is 75.8 Å². The third kappa shape index (κ3) is 6.34. The van der Waals surface area contributed by atoms with Crippen LogP contribution in [0.4, 0.5) is 34.1 Å². The van der Waals surface area contributed by atoms with Gasteiger partial charge in [0.15, 0.2) is 0 Å². The molecule has 12 rings (SSSR count). The van der Waals surface area contributed by atoms with E-state index in [0.717, 1.165) is 34.1 Å². The number of aryl methyl sites for hydroxylation is 2. The van der Waals surface area contributed by atoms with Gasteiger partial charge in [-0.1, -0.05) is 169 Å². The Hall–Kier alpha value is -8.20. The van der Waals surface area contributed by atoms with Crippen LogP contribution in [-0.4, -0.2) is 0 Å².